The number of aromatic nitrogens is 3. The van der Waals surface area contributed by atoms with E-state index in [2.05, 4.69) is 43.0 Å². The molecule has 0 fully saturated rings. The van der Waals surface area contributed by atoms with E-state index in [9.17, 15) is 0 Å². The molecule has 1 atom stereocenters. The van der Waals surface area contributed by atoms with Crippen LogP contribution in [0.3, 0.4) is 0 Å². The summed E-state index contributed by atoms with van der Waals surface area (Å²) in [6.45, 7) is 8.62. The molecule has 0 amide bonds. The van der Waals surface area contributed by atoms with Crippen LogP contribution < -0.4 is 0 Å². The molecule has 0 N–H and O–H groups in total. The van der Waals surface area contributed by atoms with Crippen LogP contribution in [0.4, 0.5) is 0 Å². The zero-order valence-corrected chi connectivity index (χ0v) is 11.9. The van der Waals surface area contributed by atoms with Crippen molar-refractivity contribution in [3.8, 4) is 0 Å². The van der Waals surface area contributed by atoms with Gasteiger partial charge in [-0.1, -0.05) is 33.1 Å². The lowest BCUT2D eigenvalue weighted by molar-refractivity contribution is 0.584. The Morgan fingerprint density at radius 3 is 2.72 bits per heavy atom. The Morgan fingerprint density at radius 1 is 1.22 bits per heavy atom. The topological polar surface area (TPSA) is 30.2 Å². The van der Waals surface area contributed by atoms with Crippen molar-refractivity contribution in [2.24, 2.45) is 0 Å². The maximum Gasteiger partial charge on any atom is 0.155 e. The lowest BCUT2D eigenvalue weighted by Gasteiger charge is -2.06. The second-order valence-corrected chi connectivity index (χ2v) is 5.27. The first kappa shape index (κ1) is 13.1. The fourth-order valence-corrected chi connectivity index (χ4v) is 2.39. The quantitative estimate of drug-likeness (QED) is 0.744. The zero-order valence-electron chi connectivity index (χ0n) is 11.9. The van der Waals surface area contributed by atoms with Crippen LogP contribution in [0, 0.1) is 13.8 Å². The van der Waals surface area contributed by atoms with Gasteiger partial charge in [-0.05, 0) is 26.3 Å². The van der Waals surface area contributed by atoms with Gasteiger partial charge in [0.1, 0.15) is 0 Å². The van der Waals surface area contributed by atoms with Gasteiger partial charge >= 0.3 is 0 Å². The van der Waals surface area contributed by atoms with Crippen LogP contribution in [0.5, 0.6) is 0 Å². The van der Waals surface area contributed by atoms with Crippen LogP contribution in [0.1, 0.15) is 62.5 Å². The van der Waals surface area contributed by atoms with E-state index in [-0.39, 0.29) is 0 Å². The van der Waals surface area contributed by atoms with Gasteiger partial charge in [0, 0.05) is 23.4 Å². The molecular formula is C15H23N3. The van der Waals surface area contributed by atoms with Gasteiger partial charge in [0.05, 0.1) is 5.69 Å². The Hall–Kier alpha value is -1.38. The Labute approximate surface area is 109 Å². The highest BCUT2D eigenvalue weighted by Gasteiger charge is 2.11. The summed E-state index contributed by atoms with van der Waals surface area (Å²) >= 11 is 0. The number of hydrogen-bond acceptors (Lipinski definition) is 2. The number of nitrogens with zero attached hydrogens (tertiary/aromatic N) is 3. The van der Waals surface area contributed by atoms with E-state index in [1.165, 1.54) is 31.4 Å². The molecule has 0 aliphatic rings. The molecule has 0 saturated carbocycles. The SMILES string of the molecule is CCCCCC(C)c1cc2nc(C)cc(C)n2n1. The van der Waals surface area contributed by atoms with Crippen LogP contribution in [-0.2, 0) is 0 Å². The fourth-order valence-electron chi connectivity index (χ4n) is 2.39. The van der Waals surface area contributed by atoms with Gasteiger partial charge in [0.2, 0.25) is 0 Å². The summed E-state index contributed by atoms with van der Waals surface area (Å²) in [5.41, 5.74) is 4.37. The molecule has 0 spiro atoms. The summed E-state index contributed by atoms with van der Waals surface area (Å²) in [4.78, 5) is 4.54. The molecule has 3 nitrogen and oxygen atoms in total. The molecule has 0 radical (unpaired) electrons. The maximum atomic E-state index is 4.69. The minimum absolute atomic E-state index is 0.526. The van der Waals surface area contributed by atoms with Crippen molar-refractivity contribution < 1.29 is 0 Å². The van der Waals surface area contributed by atoms with E-state index >= 15 is 0 Å². The molecule has 0 aromatic carbocycles. The molecule has 0 saturated heterocycles. The molecule has 3 heteroatoms. The molecule has 0 aliphatic heterocycles. The number of fused-ring (bicyclic) bond motifs is 1. The summed E-state index contributed by atoms with van der Waals surface area (Å²) < 4.78 is 1.96. The van der Waals surface area contributed by atoms with E-state index in [1.807, 2.05) is 11.4 Å². The number of aryl methyl sites for hydroxylation is 2. The largest absolute Gasteiger partial charge is 0.234 e. The fraction of sp³-hybridized carbons (Fsp3) is 0.600. The molecule has 0 aliphatic carbocycles. The number of rotatable bonds is 5. The summed E-state index contributed by atoms with van der Waals surface area (Å²) in [6, 6.07) is 4.21. The summed E-state index contributed by atoms with van der Waals surface area (Å²) in [5.74, 6) is 0.526. The van der Waals surface area contributed by atoms with Gasteiger partial charge in [-0.25, -0.2) is 9.50 Å². The van der Waals surface area contributed by atoms with Crippen LogP contribution >= 0.6 is 0 Å². The highest BCUT2D eigenvalue weighted by molar-refractivity contribution is 5.42. The van der Waals surface area contributed by atoms with E-state index in [1.54, 1.807) is 0 Å². The Balaban J connectivity index is 2.21. The Morgan fingerprint density at radius 2 is 2.00 bits per heavy atom. The predicted molar refractivity (Wildman–Crippen MR) is 75.0 cm³/mol. The number of hydrogen-bond donors (Lipinski definition) is 0. The average molecular weight is 245 g/mol. The van der Waals surface area contributed by atoms with Gasteiger partial charge in [-0.15, -0.1) is 0 Å². The molecule has 2 heterocycles. The minimum atomic E-state index is 0.526. The van der Waals surface area contributed by atoms with Crippen molar-refractivity contribution in [1.29, 1.82) is 0 Å². The van der Waals surface area contributed by atoms with Crippen molar-refractivity contribution >= 4 is 5.65 Å². The van der Waals surface area contributed by atoms with Crippen LogP contribution in [0.15, 0.2) is 12.1 Å². The molecule has 2 aromatic heterocycles. The Bertz CT molecular complexity index is 528. The molecule has 18 heavy (non-hydrogen) atoms. The van der Waals surface area contributed by atoms with Gasteiger partial charge in [0.15, 0.2) is 5.65 Å². The zero-order chi connectivity index (χ0) is 13.1. The van der Waals surface area contributed by atoms with E-state index in [0.29, 0.717) is 5.92 Å². The third-order valence-corrected chi connectivity index (χ3v) is 3.50. The highest BCUT2D eigenvalue weighted by Crippen LogP contribution is 2.22. The summed E-state index contributed by atoms with van der Waals surface area (Å²) in [7, 11) is 0. The molecule has 2 rings (SSSR count). The second kappa shape index (κ2) is 5.51. The lowest BCUT2D eigenvalue weighted by Crippen LogP contribution is -1.99. The maximum absolute atomic E-state index is 4.69. The minimum Gasteiger partial charge on any atom is -0.234 e. The monoisotopic (exact) mass is 245 g/mol. The highest BCUT2D eigenvalue weighted by atomic mass is 15.3. The summed E-state index contributed by atoms with van der Waals surface area (Å²) in [6.07, 6.45) is 5.10. The van der Waals surface area contributed by atoms with E-state index in [4.69, 9.17) is 0 Å². The molecule has 2 aromatic rings. The van der Waals surface area contributed by atoms with Crippen LogP contribution in [0.2, 0.25) is 0 Å². The van der Waals surface area contributed by atoms with Gasteiger partial charge in [0.25, 0.3) is 0 Å². The third kappa shape index (κ3) is 2.71. The van der Waals surface area contributed by atoms with Crippen molar-refractivity contribution in [2.75, 3.05) is 0 Å². The molecule has 1 unspecified atom stereocenters. The lowest BCUT2D eigenvalue weighted by atomic mass is 10.0. The van der Waals surface area contributed by atoms with Gasteiger partial charge < -0.3 is 0 Å². The molecular weight excluding hydrogens is 222 g/mol. The molecule has 98 valence electrons. The van der Waals surface area contributed by atoms with E-state index in [0.717, 1.165) is 17.0 Å². The third-order valence-electron chi connectivity index (χ3n) is 3.50. The summed E-state index contributed by atoms with van der Waals surface area (Å²) in [5, 5.41) is 4.69. The first-order valence-electron chi connectivity index (χ1n) is 6.95. The molecule has 0 bridgehead atoms. The van der Waals surface area contributed by atoms with Crippen molar-refractivity contribution in [3.63, 3.8) is 0 Å². The van der Waals surface area contributed by atoms with E-state index < -0.39 is 0 Å². The normalized spacial score (nSPS) is 13.1. The van der Waals surface area contributed by atoms with Crippen molar-refractivity contribution in [2.45, 2.75) is 59.3 Å². The van der Waals surface area contributed by atoms with Gasteiger partial charge in [-0.3, -0.25) is 0 Å². The first-order chi connectivity index (χ1) is 8.61. The van der Waals surface area contributed by atoms with Crippen LogP contribution in [-0.4, -0.2) is 14.6 Å². The van der Waals surface area contributed by atoms with Crippen LogP contribution in [0.25, 0.3) is 5.65 Å². The van der Waals surface area contributed by atoms with Crippen molar-refractivity contribution in [1.82, 2.24) is 14.6 Å². The Kier molecular flexibility index (Phi) is 4.00. The second-order valence-electron chi connectivity index (χ2n) is 5.27. The average Bonchev–Trinajstić information content (AvgIpc) is 2.73. The van der Waals surface area contributed by atoms with Crippen molar-refractivity contribution in [3.05, 3.63) is 29.2 Å². The van der Waals surface area contributed by atoms with Gasteiger partial charge in [-0.2, -0.15) is 5.10 Å². The smallest absolute Gasteiger partial charge is 0.155 e. The standard InChI is InChI=1S/C15H23N3/c1-5-6-7-8-11(2)14-10-15-16-12(3)9-13(4)18(15)17-14/h9-11H,5-8H2,1-4H3. The first-order valence-corrected chi connectivity index (χ1v) is 6.95. The predicted octanol–water partition coefficient (Wildman–Crippen LogP) is 4.03. The number of unbranched alkanes of at least 4 members (excludes halogenated alkanes) is 2.